The molecule has 0 aromatic heterocycles. The largest absolute Gasteiger partial charge is 0.290 e. The summed E-state index contributed by atoms with van der Waals surface area (Å²) < 4.78 is -0.887. The third-order valence-electron chi connectivity index (χ3n) is 0.821. The van der Waals surface area contributed by atoms with Gasteiger partial charge in [0.2, 0.25) is 6.29 Å². The number of alkyl halides is 2. The molecule has 0 heterocycles. The standard InChI is InChI=1S/C4H2Cl2O/c5-4(6)1-3(4)2-7/h1,3H. The molecule has 0 aliphatic heterocycles. The van der Waals surface area contributed by atoms with Crippen molar-refractivity contribution in [3.05, 3.63) is 6.42 Å². The SMILES string of the molecule is O=[C]C1[CH]C1(Cl)Cl. The number of rotatable bonds is 1. The summed E-state index contributed by atoms with van der Waals surface area (Å²) in [7, 11) is 0. The van der Waals surface area contributed by atoms with Crippen molar-refractivity contribution >= 4 is 29.5 Å². The van der Waals surface area contributed by atoms with Gasteiger partial charge < -0.3 is 0 Å². The maximum absolute atomic E-state index is 9.66. The first kappa shape index (κ1) is 5.39. The van der Waals surface area contributed by atoms with Crippen molar-refractivity contribution in [1.29, 1.82) is 0 Å². The molecule has 1 unspecified atom stereocenters. The van der Waals surface area contributed by atoms with Crippen LogP contribution < -0.4 is 0 Å². The van der Waals surface area contributed by atoms with Crippen LogP contribution in [0.15, 0.2) is 0 Å². The molecule has 0 saturated heterocycles. The van der Waals surface area contributed by atoms with E-state index < -0.39 is 4.33 Å². The Morgan fingerprint density at radius 2 is 2.14 bits per heavy atom. The van der Waals surface area contributed by atoms with Gasteiger partial charge in [0.15, 0.2) is 0 Å². The average molecular weight is 137 g/mol. The first-order chi connectivity index (χ1) is 3.17. The van der Waals surface area contributed by atoms with E-state index in [1.807, 2.05) is 0 Å². The fourth-order valence-electron chi connectivity index (χ4n) is 0.287. The maximum atomic E-state index is 9.66. The highest BCUT2D eigenvalue weighted by Crippen LogP contribution is 2.50. The van der Waals surface area contributed by atoms with Gasteiger partial charge in [-0.3, -0.25) is 4.79 Å². The van der Waals surface area contributed by atoms with Gasteiger partial charge in [-0.2, -0.15) is 0 Å². The van der Waals surface area contributed by atoms with E-state index in [-0.39, 0.29) is 5.92 Å². The van der Waals surface area contributed by atoms with E-state index in [2.05, 4.69) is 0 Å². The molecule has 0 amide bonds. The van der Waals surface area contributed by atoms with Gasteiger partial charge in [-0.05, 0) is 0 Å². The summed E-state index contributed by atoms with van der Waals surface area (Å²) in [5.41, 5.74) is 0. The number of carbonyl (C=O) groups excluding carboxylic acids is 1. The summed E-state index contributed by atoms with van der Waals surface area (Å²) in [6.07, 6.45) is 3.18. The zero-order valence-electron chi connectivity index (χ0n) is 3.32. The second kappa shape index (κ2) is 1.36. The van der Waals surface area contributed by atoms with E-state index in [0.29, 0.717) is 0 Å². The van der Waals surface area contributed by atoms with E-state index >= 15 is 0 Å². The molecular formula is C4H2Cl2O. The van der Waals surface area contributed by atoms with Gasteiger partial charge in [0.05, 0.1) is 5.92 Å². The van der Waals surface area contributed by atoms with Crippen LogP contribution in [0.4, 0.5) is 0 Å². The van der Waals surface area contributed by atoms with Crippen LogP contribution >= 0.6 is 23.2 Å². The Morgan fingerprint density at radius 3 is 2.14 bits per heavy atom. The zero-order chi connectivity index (χ0) is 5.49. The molecule has 1 nitrogen and oxygen atoms in total. The summed E-state index contributed by atoms with van der Waals surface area (Å²) in [5.74, 6) is -0.351. The van der Waals surface area contributed by atoms with Crippen LogP contribution in [0.5, 0.6) is 0 Å². The number of halogens is 2. The molecule has 38 valence electrons. The molecule has 1 aliphatic rings. The summed E-state index contributed by atoms with van der Waals surface area (Å²) in [6, 6.07) is 0. The van der Waals surface area contributed by atoms with Gasteiger partial charge in [0, 0.05) is 6.42 Å². The zero-order valence-corrected chi connectivity index (χ0v) is 4.83. The maximum Gasteiger partial charge on any atom is 0.205 e. The predicted molar refractivity (Wildman–Crippen MR) is 27.9 cm³/mol. The van der Waals surface area contributed by atoms with Gasteiger partial charge in [-0.1, -0.05) is 0 Å². The predicted octanol–water partition coefficient (Wildman–Crippen LogP) is 1.10. The molecule has 3 heteroatoms. The molecule has 1 saturated carbocycles. The molecule has 0 aromatic rings. The Morgan fingerprint density at radius 1 is 1.71 bits per heavy atom. The highest BCUT2D eigenvalue weighted by molar-refractivity contribution is 6.53. The summed E-state index contributed by atoms with van der Waals surface area (Å²) >= 11 is 10.7. The van der Waals surface area contributed by atoms with Crippen LogP contribution in [0.25, 0.3) is 0 Å². The molecule has 0 N–H and O–H groups in total. The van der Waals surface area contributed by atoms with Gasteiger partial charge in [-0.25, -0.2) is 0 Å². The Kier molecular flexibility index (Phi) is 1.05. The van der Waals surface area contributed by atoms with Gasteiger partial charge >= 0.3 is 0 Å². The molecule has 1 atom stereocenters. The minimum atomic E-state index is -0.887. The lowest BCUT2D eigenvalue weighted by Gasteiger charge is -1.83. The van der Waals surface area contributed by atoms with Crippen LogP contribution in [0.3, 0.4) is 0 Å². The van der Waals surface area contributed by atoms with Crippen molar-refractivity contribution < 1.29 is 4.79 Å². The lowest BCUT2D eigenvalue weighted by molar-refractivity contribution is 0.550. The van der Waals surface area contributed by atoms with Crippen molar-refractivity contribution in [2.75, 3.05) is 0 Å². The van der Waals surface area contributed by atoms with E-state index in [1.165, 1.54) is 6.42 Å². The molecule has 0 aromatic carbocycles. The minimum absolute atomic E-state index is 0.351. The first-order valence-corrected chi connectivity index (χ1v) is 2.54. The molecule has 1 rings (SSSR count). The summed E-state index contributed by atoms with van der Waals surface area (Å²) in [5, 5.41) is 0. The van der Waals surface area contributed by atoms with Gasteiger partial charge in [0.1, 0.15) is 4.33 Å². The summed E-state index contributed by atoms with van der Waals surface area (Å²) in [4.78, 5) is 9.66. The molecule has 0 bridgehead atoms. The topological polar surface area (TPSA) is 17.1 Å². The van der Waals surface area contributed by atoms with Crippen LogP contribution in [-0.2, 0) is 4.79 Å². The molecule has 1 aliphatic carbocycles. The first-order valence-electron chi connectivity index (χ1n) is 1.78. The van der Waals surface area contributed by atoms with Crippen molar-refractivity contribution in [2.45, 2.75) is 4.33 Å². The Hall–Kier alpha value is 0.250. The third kappa shape index (κ3) is 0.892. The van der Waals surface area contributed by atoms with E-state index in [4.69, 9.17) is 23.2 Å². The fraction of sp³-hybridized carbons (Fsp3) is 0.500. The highest BCUT2D eigenvalue weighted by atomic mass is 35.5. The van der Waals surface area contributed by atoms with Gasteiger partial charge in [-0.15, -0.1) is 23.2 Å². The average Bonchev–Trinajstić information content (AvgIpc) is 2.13. The Balaban J connectivity index is 2.44. The molecule has 0 spiro atoms. The lowest BCUT2D eigenvalue weighted by Crippen LogP contribution is -1.88. The van der Waals surface area contributed by atoms with Crippen molar-refractivity contribution in [1.82, 2.24) is 0 Å². The second-order valence-corrected chi connectivity index (χ2v) is 2.88. The molecule has 7 heavy (non-hydrogen) atoms. The molecule has 2 radical (unpaired) electrons. The normalized spacial score (nSPS) is 34.9. The van der Waals surface area contributed by atoms with Crippen molar-refractivity contribution in [3.63, 3.8) is 0 Å². The van der Waals surface area contributed by atoms with Crippen molar-refractivity contribution in [2.24, 2.45) is 5.92 Å². The third-order valence-corrected chi connectivity index (χ3v) is 1.54. The van der Waals surface area contributed by atoms with Crippen LogP contribution in [0.1, 0.15) is 0 Å². The fourth-order valence-corrected chi connectivity index (χ4v) is 0.628. The minimum Gasteiger partial charge on any atom is -0.290 e. The van der Waals surface area contributed by atoms with Crippen LogP contribution in [0, 0.1) is 12.3 Å². The number of hydrogen-bond acceptors (Lipinski definition) is 1. The second-order valence-electron chi connectivity index (χ2n) is 1.44. The van der Waals surface area contributed by atoms with Crippen LogP contribution in [-0.4, -0.2) is 10.6 Å². The van der Waals surface area contributed by atoms with Gasteiger partial charge in [0.25, 0.3) is 0 Å². The van der Waals surface area contributed by atoms with Crippen LogP contribution in [0.2, 0.25) is 0 Å². The smallest absolute Gasteiger partial charge is 0.205 e. The Labute approximate surface area is 51.6 Å². The van der Waals surface area contributed by atoms with Crippen molar-refractivity contribution in [3.8, 4) is 0 Å². The quantitative estimate of drug-likeness (QED) is 0.494. The lowest BCUT2D eigenvalue weighted by atomic mass is 10.5. The van der Waals surface area contributed by atoms with E-state index in [9.17, 15) is 4.79 Å². The Bertz CT molecular complexity index is 99.9. The molecule has 1 fully saturated rings. The monoisotopic (exact) mass is 136 g/mol. The molecular weight excluding hydrogens is 135 g/mol. The summed E-state index contributed by atoms with van der Waals surface area (Å²) in [6.45, 7) is 0. The highest BCUT2D eigenvalue weighted by Gasteiger charge is 2.52. The van der Waals surface area contributed by atoms with E-state index in [0.717, 1.165) is 0 Å². The van der Waals surface area contributed by atoms with E-state index in [1.54, 1.807) is 6.29 Å². The number of hydrogen-bond donors (Lipinski definition) is 0.